The van der Waals surface area contributed by atoms with Crippen LogP contribution in [0.25, 0.3) is 0 Å². The molecule has 1 N–H and O–H groups in total. The molecule has 0 spiro atoms. The first kappa shape index (κ1) is 36.3. The number of ether oxygens (including phenoxy) is 7. The summed E-state index contributed by atoms with van der Waals surface area (Å²) in [6.45, 7) is 6.23. The fraction of sp³-hybridized carbons (Fsp3) is 0.486. The number of methoxy groups -OCH3 is 2. The monoisotopic (exact) mass is 651 g/mol. The second-order valence-electron chi connectivity index (χ2n) is 11.2. The number of aliphatic hydroxyl groups is 1. The first-order chi connectivity index (χ1) is 23.0. The van der Waals surface area contributed by atoms with E-state index in [-0.39, 0.29) is 38.1 Å². The number of rotatable bonds is 21. The zero-order valence-corrected chi connectivity index (χ0v) is 27.8. The van der Waals surface area contributed by atoms with E-state index in [1.54, 1.807) is 19.1 Å². The van der Waals surface area contributed by atoms with Gasteiger partial charge in [-0.05, 0) is 54.3 Å². The number of β-amino-alcohol motifs (C(OH)–C–C–N with tert-alkyl or cyclic N) is 1. The number of aliphatic hydroxyl groups excluding tert-OH is 1. The van der Waals surface area contributed by atoms with Gasteiger partial charge in [-0.15, -0.1) is 0 Å². The summed E-state index contributed by atoms with van der Waals surface area (Å²) in [6.07, 6.45) is -0.0148. The van der Waals surface area contributed by atoms with Crippen molar-refractivity contribution in [1.82, 2.24) is 4.90 Å². The predicted octanol–water partition coefficient (Wildman–Crippen LogP) is 4.45. The van der Waals surface area contributed by atoms with Crippen molar-refractivity contribution in [1.29, 1.82) is 0 Å². The summed E-state index contributed by atoms with van der Waals surface area (Å²) in [4.78, 5) is 15.1. The Bertz CT molecular complexity index is 1260. The molecule has 0 bridgehead atoms. The highest BCUT2D eigenvalue weighted by atomic mass is 16.6. The highest BCUT2D eigenvalue weighted by Crippen LogP contribution is 2.42. The van der Waals surface area contributed by atoms with E-state index in [0.29, 0.717) is 52.7 Å². The van der Waals surface area contributed by atoms with Crippen LogP contribution in [0.1, 0.15) is 36.5 Å². The topological polar surface area (TPSA) is 105 Å². The normalized spacial score (nSPS) is 16.4. The molecule has 0 saturated carbocycles. The van der Waals surface area contributed by atoms with E-state index in [1.807, 2.05) is 85.8 Å². The average Bonchev–Trinajstić information content (AvgIpc) is 3.50. The number of amides is 1. The van der Waals surface area contributed by atoms with Crippen molar-refractivity contribution in [2.75, 3.05) is 80.2 Å². The Hall–Kier alpha value is -3.51. The van der Waals surface area contributed by atoms with E-state index in [1.165, 1.54) is 0 Å². The Morgan fingerprint density at radius 3 is 1.72 bits per heavy atom. The third-order valence-corrected chi connectivity index (χ3v) is 8.16. The van der Waals surface area contributed by atoms with Gasteiger partial charge in [-0.2, -0.15) is 0 Å². The van der Waals surface area contributed by atoms with Crippen molar-refractivity contribution >= 4 is 5.91 Å². The standard InChI is InChI=1S/C37H49NO9/c1-4-43-20-21-45-24-25-46-23-22-44-19-18-36(40)38-27-33(39)26-32(38)28-47-37(29-8-6-5-7-9-29,30-10-14-34(41-2)15-11-30)31-12-16-35(42-3)17-13-31/h5-17,32-33,39H,4,18-28H2,1-3H3/t32-,33+/m0/s1. The molecule has 1 amide bonds. The molecule has 3 aromatic carbocycles. The van der Waals surface area contributed by atoms with Crippen LogP contribution in [0.2, 0.25) is 0 Å². The van der Waals surface area contributed by atoms with Crippen LogP contribution >= 0.6 is 0 Å². The lowest BCUT2D eigenvalue weighted by molar-refractivity contribution is -0.135. The summed E-state index contributed by atoms with van der Waals surface area (Å²) in [7, 11) is 3.27. The molecule has 10 heteroatoms. The first-order valence-corrected chi connectivity index (χ1v) is 16.3. The molecule has 0 unspecified atom stereocenters. The molecule has 0 aliphatic carbocycles. The lowest BCUT2D eigenvalue weighted by Gasteiger charge is -2.38. The number of benzene rings is 3. The average molecular weight is 652 g/mol. The van der Waals surface area contributed by atoms with Crippen molar-refractivity contribution in [3.63, 3.8) is 0 Å². The van der Waals surface area contributed by atoms with Crippen LogP contribution in [0.15, 0.2) is 78.9 Å². The molecule has 1 saturated heterocycles. The van der Waals surface area contributed by atoms with Crippen LogP contribution in [0.5, 0.6) is 11.5 Å². The maximum atomic E-state index is 13.4. The third-order valence-electron chi connectivity index (χ3n) is 8.16. The maximum absolute atomic E-state index is 13.4. The fourth-order valence-electron chi connectivity index (χ4n) is 5.76. The molecular formula is C37H49NO9. The van der Waals surface area contributed by atoms with E-state index < -0.39 is 11.7 Å². The molecule has 47 heavy (non-hydrogen) atoms. The number of carbonyl (C=O) groups excluding carboxylic acids is 1. The summed E-state index contributed by atoms with van der Waals surface area (Å²) >= 11 is 0. The summed E-state index contributed by atoms with van der Waals surface area (Å²) in [5.41, 5.74) is 1.72. The van der Waals surface area contributed by atoms with Gasteiger partial charge in [0.15, 0.2) is 0 Å². The van der Waals surface area contributed by atoms with E-state index >= 15 is 0 Å². The Morgan fingerprint density at radius 1 is 0.723 bits per heavy atom. The molecule has 1 fully saturated rings. The number of carbonyl (C=O) groups is 1. The molecule has 256 valence electrons. The van der Waals surface area contributed by atoms with Crippen LogP contribution < -0.4 is 9.47 Å². The highest BCUT2D eigenvalue weighted by molar-refractivity contribution is 5.77. The molecular weight excluding hydrogens is 602 g/mol. The largest absolute Gasteiger partial charge is 0.497 e. The van der Waals surface area contributed by atoms with Crippen molar-refractivity contribution in [2.24, 2.45) is 0 Å². The van der Waals surface area contributed by atoms with Gasteiger partial charge in [0, 0.05) is 13.2 Å². The zero-order valence-electron chi connectivity index (χ0n) is 27.8. The van der Waals surface area contributed by atoms with Gasteiger partial charge >= 0.3 is 0 Å². The van der Waals surface area contributed by atoms with E-state index in [9.17, 15) is 9.90 Å². The van der Waals surface area contributed by atoms with Gasteiger partial charge < -0.3 is 43.2 Å². The van der Waals surface area contributed by atoms with E-state index in [0.717, 1.165) is 28.2 Å². The molecule has 1 aliphatic heterocycles. The Balaban J connectivity index is 1.41. The molecule has 2 atom stereocenters. The molecule has 4 rings (SSSR count). The molecule has 1 aliphatic rings. The number of hydrogen-bond donors (Lipinski definition) is 1. The predicted molar refractivity (Wildman–Crippen MR) is 178 cm³/mol. The second kappa shape index (κ2) is 19.3. The van der Waals surface area contributed by atoms with Gasteiger partial charge in [0.1, 0.15) is 17.1 Å². The van der Waals surface area contributed by atoms with Gasteiger partial charge in [-0.3, -0.25) is 4.79 Å². The van der Waals surface area contributed by atoms with E-state index in [2.05, 4.69) is 0 Å². The second-order valence-corrected chi connectivity index (χ2v) is 11.2. The van der Waals surface area contributed by atoms with Crippen molar-refractivity contribution < 1.29 is 43.1 Å². The fourth-order valence-corrected chi connectivity index (χ4v) is 5.76. The van der Waals surface area contributed by atoms with Gasteiger partial charge in [0.05, 0.1) is 85.6 Å². The van der Waals surface area contributed by atoms with Gasteiger partial charge in [0.25, 0.3) is 0 Å². The number of hydrogen-bond acceptors (Lipinski definition) is 9. The maximum Gasteiger partial charge on any atom is 0.225 e. The summed E-state index contributed by atoms with van der Waals surface area (Å²) < 4.78 is 39.7. The van der Waals surface area contributed by atoms with Crippen LogP contribution in [-0.2, 0) is 34.1 Å². The Kier molecular flexibility index (Phi) is 15.0. The van der Waals surface area contributed by atoms with Crippen LogP contribution in [-0.4, -0.2) is 108 Å². The molecule has 10 nitrogen and oxygen atoms in total. The SMILES string of the molecule is CCOCCOCCOCCOCCC(=O)N1C[C@H](O)C[C@H]1COC(c1ccccc1)(c1ccc(OC)cc1)c1ccc(OC)cc1. The third kappa shape index (κ3) is 10.2. The van der Waals surface area contributed by atoms with Gasteiger partial charge in [0.2, 0.25) is 5.91 Å². The van der Waals surface area contributed by atoms with Crippen LogP contribution in [0, 0.1) is 0 Å². The summed E-state index contributed by atoms with van der Waals surface area (Å²) in [5, 5.41) is 10.6. The number of likely N-dealkylation sites (tertiary alicyclic amines) is 1. The summed E-state index contributed by atoms with van der Waals surface area (Å²) in [5.74, 6) is 1.38. The Morgan fingerprint density at radius 2 is 1.21 bits per heavy atom. The van der Waals surface area contributed by atoms with Crippen molar-refractivity contribution in [2.45, 2.75) is 37.5 Å². The smallest absolute Gasteiger partial charge is 0.225 e. The van der Waals surface area contributed by atoms with Gasteiger partial charge in [-0.1, -0.05) is 54.6 Å². The van der Waals surface area contributed by atoms with Crippen LogP contribution in [0.4, 0.5) is 0 Å². The minimum atomic E-state index is -1.01. The number of nitrogens with zero attached hydrogens (tertiary/aromatic N) is 1. The minimum absolute atomic E-state index is 0.0852. The first-order valence-electron chi connectivity index (χ1n) is 16.3. The summed E-state index contributed by atoms with van der Waals surface area (Å²) in [6, 6.07) is 25.4. The lowest BCUT2D eigenvalue weighted by atomic mass is 9.80. The van der Waals surface area contributed by atoms with Crippen molar-refractivity contribution in [3.05, 3.63) is 95.6 Å². The van der Waals surface area contributed by atoms with Gasteiger partial charge in [-0.25, -0.2) is 0 Å². The van der Waals surface area contributed by atoms with E-state index in [4.69, 9.17) is 33.2 Å². The molecule has 3 aromatic rings. The molecule has 1 heterocycles. The highest BCUT2D eigenvalue weighted by Gasteiger charge is 2.41. The van der Waals surface area contributed by atoms with Crippen molar-refractivity contribution in [3.8, 4) is 11.5 Å². The van der Waals surface area contributed by atoms with Crippen LogP contribution in [0.3, 0.4) is 0 Å². The molecule has 0 aromatic heterocycles. The molecule has 0 radical (unpaired) electrons. The Labute approximate surface area is 278 Å². The quantitative estimate of drug-likeness (QED) is 0.132. The zero-order chi connectivity index (χ0) is 33.3. The lowest BCUT2D eigenvalue weighted by Crippen LogP contribution is -2.42. The minimum Gasteiger partial charge on any atom is -0.497 e.